The number of amides is 1. The number of ether oxygens (including phenoxy) is 3. The van der Waals surface area contributed by atoms with E-state index < -0.39 is 0 Å². The van der Waals surface area contributed by atoms with E-state index in [0.29, 0.717) is 29.2 Å². The lowest BCUT2D eigenvalue weighted by molar-refractivity contribution is -0.118. The summed E-state index contributed by atoms with van der Waals surface area (Å²) in [5, 5.41) is 11.6. The third kappa shape index (κ3) is 5.71. The maximum Gasteiger partial charge on any atom is 0.277 e. The van der Waals surface area contributed by atoms with Gasteiger partial charge in [-0.3, -0.25) is 9.69 Å². The minimum absolute atomic E-state index is 0.0756. The normalized spacial score (nSPS) is 16.1. The van der Waals surface area contributed by atoms with Crippen LogP contribution in [0.15, 0.2) is 52.1 Å². The van der Waals surface area contributed by atoms with Gasteiger partial charge in [-0.15, -0.1) is 10.2 Å². The highest BCUT2D eigenvalue weighted by atomic mass is 32.2. The quantitative estimate of drug-likeness (QED) is 0.442. The lowest BCUT2D eigenvalue weighted by atomic mass is 10.0. The molecule has 2 aliphatic heterocycles. The molecule has 3 heterocycles. The highest BCUT2D eigenvalue weighted by molar-refractivity contribution is 7.99. The summed E-state index contributed by atoms with van der Waals surface area (Å²) in [7, 11) is 1.66. The molecule has 1 amide bonds. The number of aromatic nitrogens is 2. The number of hydrogen-bond donors (Lipinski definition) is 1. The van der Waals surface area contributed by atoms with E-state index in [1.54, 1.807) is 13.2 Å². The van der Waals surface area contributed by atoms with Gasteiger partial charge < -0.3 is 23.9 Å². The van der Waals surface area contributed by atoms with Crippen molar-refractivity contribution < 1.29 is 23.4 Å². The van der Waals surface area contributed by atoms with E-state index in [4.69, 9.17) is 18.6 Å². The molecular weight excluding hydrogens is 468 g/mol. The first kappa shape index (κ1) is 23.5. The van der Waals surface area contributed by atoms with Gasteiger partial charge in [0.25, 0.3) is 5.22 Å². The van der Waals surface area contributed by atoms with Crippen molar-refractivity contribution in [1.29, 1.82) is 0 Å². The number of likely N-dealkylation sites (tertiary alicyclic amines) is 1. The van der Waals surface area contributed by atoms with E-state index in [0.717, 1.165) is 24.4 Å². The summed E-state index contributed by atoms with van der Waals surface area (Å²) in [6.07, 6.45) is 3.62. The molecule has 0 saturated carbocycles. The Kier molecular flexibility index (Phi) is 7.39. The van der Waals surface area contributed by atoms with Crippen molar-refractivity contribution in [2.45, 2.75) is 30.5 Å². The largest absolute Gasteiger partial charge is 0.497 e. The lowest BCUT2D eigenvalue weighted by Gasteiger charge is -2.35. The van der Waals surface area contributed by atoms with Crippen molar-refractivity contribution in [3.05, 3.63) is 48.0 Å². The van der Waals surface area contributed by atoms with Gasteiger partial charge in [0.05, 0.1) is 18.9 Å². The van der Waals surface area contributed by atoms with Crippen molar-refractivity contribution in [3.63, 3.8) is 0 Å². The molecule has 0 aliphatic carbocycles. The molecule has 1 unspecified atom stereocenters. The summed E-state index contributed by atoms with van der Waals surface area (Å²) in [6, 6.07) is 13.7. The van der Waals surface area contributed by atoms with Crippen LogP contribution in [0.2, 0.25) is 0 Å². The minimum atomic E-state index is -0.0756. The molecule has 0 spiro atoms. The van der Waals surface area contributed by atoms with Gasteiger partial charge in [-0.1, -0.05) is 30.3 Å². The van der Waals surface area contributed by atoms with Gasteiger partial charge in [0, 0.05) is 12.1 Å². The summed E-state index contributed by atoms with van der Waals surface area (Å²) in [5.74, 6) is 2.65. The number of carbonyl (C=O) groups excluding carboxylic acids is 1. The molecule has 0 bridgehead atoms. The van der Waals surface area contributed by atoms with E-state index in [9.17, 15) is 4.79 Å². The van der Waals surface area contributed by atoms with Crippen LogP contribution in [0.25, 0.3) is 11.5 Å². The number of nitrogens with one attached hydrogen (secondary N) is 1. The number of rotatable bonds is 9. The van der Waals surface area contributed by atoms with Crippen LogP contribution in [-0.4, -0.2) is 60.3 Å². The molecule has 3 aromatic rings. The molecule has 2 aromatic carbocycles. The van der Waals surface area contributed by atoms with Gasteiger partial charge in [-0.05, 0) is 61.8 Å². The lowest BCUT2D eigenvalue weighted by Crippen LogP contribution is -2.41. The first-order valence-corrected chi connectivity index (χ1v) is 12.7. The van der Waals surface area contributed by atoms with Gasteiger partial charge in [0.15, 0.2) is 11.5 Å². The Balaban J connectivity index is 1.17. The second kappa shape index (κ2) is 11.0. The average molecular weight is 497 g/mol. The maximum absolute atomic E-state index is 12.6. The monoisotopic (exact) mass is 496 g/mol. The minimum Gasteiger partial charge on any atom is -0.497 e. The molecule has 0 radical (unpaired) electrons. The first-order chi connectivity index (χ1) is 17.2. The fourth-order valence-corrected chi connectivity index (χ4v) is 4.91. The van der Waals surface area contributed by atoms with E-state index in [1.807, 2.05) is 24.3 Å². The second-order valence-corrected chi connectivity index (χ2v) is 9.35. The van der Waals surface area contributed by atoms with Crippen LogP contribution < -0.4 is 19.5 Å². The maximum atomic E-state index is 12.6. The van der Waals surface area contributed by atoms with Crippen molar-refractivity contribution in [3.8, 4) is 28.7 Å². The van der Waals surface area contributed by atoms with E-state index in [-0.39, 0.29) is 24.5 Å². The average Bonchev–Trinajstić information content (AvgIpc) is 3.58. The Labute approximate surface area is 208 Å². The topological polar surface area (TPSA) is 99.0 Å². The van der Waals surface area contributed by atoms with Gasteiger partial charge in [-0.2, -0.15) is 0 Å². The molecule has 9 nitrogen and oxygen atoms in total. The molecule has 35 heavy (non-hydrogen) atoms. The Morgan fingerprint density at radius 2 is 1.89 bits per heavy atom. The fraction of sp³-hybridized carbons (Fsp3) is 0.400. The molecular formula is C25H28N4O5S. The van der Waals surface area contributed by atoms with Crippen LogP contribution in [-0.2, 0) is 4.79 Å². The number of hydrogen-bond acceptors (Lipinski definition) is 9. The number of fused-ring (bicyclic) bond motifs is 1. The van der Waals surface area contributed by atoms with E-state index in [2.05, 4.69) is 32.5 Å². The van der Waals surface area contributed by atoms with E-state index >= 15 is 0 Å². The molecule has 1 N–H and O–H groups in total. The van der Waals surface area contributed by atoms with Crippen molar-refractivity contribution >= 4 is 17.7 Å². The number of methoxy groups -OCH3 is 1. The zero-order valence-electron chi connectivity index (χ0n) is 19.6. The van der Waals surface area contributed by atoms with Gasteiger partial charge >= 0.3 is 0 Å². The van der Waals surface area contributed by atoms with Gasteiger partial charge in [0.1, 0.15) is 5.75 Å². The van der Waals surface area contributed by atoms with Crippen LogP contribution in [0.5, 0.6) is 17.2 Å². The van der Waals surface area contributed by atoms with Gasteiger partial charge in [0.2, 0.25) is 18.6 Å². The number of benzene rings is 2. The van der Waals surface area contributed by atoms with Crippen LogP contribution in [0, 0.1) is 0 Å². The first-order valence-electron chi connectivity index (χ1n) is 11.7. The summed E-state index contributed by atoms with van der Waals surface area (Å²) in [6.45, 7) is 2.81. The summed E-state index contributed by atoms with van der Waals surface area (Å²) in [5.41, 5.74) is 1.91. The van der Waals surface area contributed by atoms with E-state index in [1.165, 1.54) is 36.6 Å². The molecule has 1 aromatic heterocycles. The third-order valence-corrected chi connectivity index (χ3v) is 7.00. The molecule has 5 rings (SSSR count). The predicted molar refractivity (Wildman–Crippen MR) is 131 cm³/mol. The van der Waals surface area contributed by atoms with Crippen LogP contribution in [0.3, 0.4) is 0 Å². The number of piperidine rings is 1. The Morgan fingerprint density at radius 3 is 2.69 bits per heavy atom. The number of nitrogens with zero attached hydrogens (tertiary/aromatic N) is 3. The molecule has 1 fully saturated rings. The smallest absolute Gasteiger partial charge is 0.277 e. The van der Waals surface area contributed by atoms with Crippen molar-refractivity contribution in [2.24, 2.45) is 0 Å². The van der Waals surface area contributed by atoms with Crippen LogP contribution >= 0.6 is 11.8 Å². The SMILES string of the molecule is COc1ccc(C(CNC(=O)CSc2nnc(-c3ccc4c(c3)OCO4)o2)N2CCCCC2)cc1. The molecule has 2 aliphatic rings. The third-order valence-electron chi connectivity index (χ3n) is 6.18. The summed E-state index contributed by atoms with van der Waals surface area (Å²) in [4.78, 5) is 15.1. The Hall–Kier alpha value is -3.24. The Morgan fingerprint density at radius 1 is 1.09 bits per heavy atom. The standard InChI is InChI=1S/C25H28N4O5S/c1-31-19-8-5-17(6-9-19)20(29-11-3-2-4-12-29)14-26-23(30)15-35-25-28-27-24(34-25)18-7-10-21-22(13-18)33-16-32-21/h5-10,13,20H,2-4,11-12,14-16H2,1H3,(H,26,30). The highest BCUT2D eigenvalue weighted by Gasteiger charge is 2.23. The zero-order chi connectivity index (χ0) is 24.0. The Bertz CT molecular complexity index is 1150. The molecule has 1 saturated heterocycles. The van der Waals surface area contributed by atoms with Gasteiger partial charge in [-0.25, -0.2) is 0 Å². The fourth-order valence-electron chi connectivity index (χ4n) is 4.32. The molecule has 184 valence electrons. The predicted octanol–water partition coefficient (Wildman–Crippen LogP) is 3.91. The zero-order valence-corrected chi connectivity index (χ0v) is 20.4. The number of thioether (sulfide) groups is 1. The summed E-state index contributed by atoms with van der Waals surface area (Å²) >= 11 is 1.22. The second-order valence-electron chi connectivity index (χ2n) is 8.42. The summed E-state index contributed by atoms with van der Waals surface area (Å²) < 4.78 is 21.8. The van der Waals surface area contributed by atoms with Crippen LogP contribution in [0.4, 0.5) is 0 Å². The highest BCUT2D eigenvalue weighted by Crippen LogP contribution is 2.36. The van der Waals surface area contributed by atoms with Crippen molar-refractivity contribution in [1.82, 2.24) is 20.4 Å². The van der Waals surface area contributed by atoms with Crippen molar-refractivity contribution in [2.75, 3.05) is 39.3 Å². The van der Waals surface area contributed by atoms with Crippen LogP contribution in [0.1, 0.15) is 30.9 Å². The molecule has 1 atom stereocenters. The number of carbonyl (C=O) groups is 1. The molecule has 10 heteroatoms.